The van der Waals surface area contributed by atoms with Gasteiger partial charge in [0, 0.05) is 11.4 Å². The van der Waals surface area contributed by atoms with Crippen molar-refractivity contribution in [1.82, 2.24) is 5.32 Å². The molecule has 7 heteroatoms. The summed E-state index contributed by atoms with van der Waals surface area (Å²) < 4.78 is 4.55. The van der Waals surface area contributed by atoms with E-state index in [-0.39, 0.29) is 11.5 Å². The minimum Gasteiger partial charge on any atom is -0.462 e. The molecule has 0 radical (unpaired) electrons. The van der Waals surface area contributed by atoms with E-state index in [1.54, 1.807) is 24.3 Å². The molecule has 0 saturated carbocycles. The summed E-state index contributed by atoms with van der Waals surface area (Å²) in [4.78, 5) is 32.7. The summed E-state index contributed by atoms with van der Waals surface area (Å²) in [7, 11) is 0. The van der Waals surface area contributed by atoms with E-state index in [9.17, 15) is 14.5 Å². The van der Waals surface area contributed by atoms with E-state index >= 15 is 0 Å². The summed E-state index contributed by atoms with van der Waals surface area (Å²) in [5.74, 6) is 0.0509. The molecule has 27 heavy (non-hydrogen) atoms. The second-order valence-corrected chi connectivity index (χ2v) is 7.71. The molecule has 2 aromatic rings. The predicted octanol–water partition coefficient (Wildman–Crippen LogP) is 5.24. The average Bonchev–Trinajstić information content (AvgIpc) is 3.07. The number of nitrogens with zero attached hydrogens (tertiary/aromatic N) is 1. The first-order valence-corrected chi connectivity index (χ1v) is 9.39. The SMILES string of the molecule is CC(C)(C)OC=O.CCCNC(=O)c1ccc(C)s1.O=Nc1ccccc1. The van der Waals surface area contributed by atoms with Crippen molar-refractivity contribution in [3.63, 3.8) is 0 Å². The zero-order valence-electron chi connectivity index (χ0n) is 16.5. The van der Waals surface area contributed by atoms with Crippen molar-refractivity contribution in [1.29, 1.82) is 0 Å². The highest BCUT2D eigenvalue weighted by atomic mass is 32.1. The molecule has 1 aromatic carbocycles. The highest BCUT2D eigenvalue weighted by molar-refractivity contribution is 7.13. The Morgan fingerprint density at radius 1 is 1.19 bits per heavy atom. The molecular formula is C20H28N2O4S. The molecule has 1 aromatic heterocycles. The fourth-order valence-corrected chi connectivity index (χ4v) is 2.30. The summed E-state index contributed by atoms with van der Waals surface area (Å²) in [6.07, 6.45) is 0.982. The highest BCUT2D eigenvalue weighted by Crippen LogP contribution is 2.14. The summed E-state index contributed by atoms with van der Waals surface area (Å²) in [5, 5.41) is 5.55. The van der Waals surface area contributed by atoms with Crippen molar-refractivity contribution in [2.75, 3.05) is 6.54 Å². The molecule has 6 nitrogen and oxygen atoms in total. The summed E-state index contributed by atoms with van der Waals surface area (Å²) in [5.41, 5.74) is 0.161. The van der Waals surface area contributed by atoms with Gasteiger partial charge in [-0.1, -0.05) is 25.1 Å². The normalized spacial score (nSPS) is 9.67. The molecule has 0 fully saturated rings. The number of hydrogen-bond acceptors (Lipinski definition) is 6. The van der Waals surface area contributed by atoms with Crippen molar-refractivity contribution in [3.8, 4) is 0 Å². The maximum atomic E-state index is 11.3. The number of ether oxygens (including phenoxy) is 1. The Morgan fingerprint density at radius 2 is 1.81 bits per heavy atom. The van der Waals surface area contributed by atoms with Crippen molar-refractivity contribution in [3.05, 3.63) is 57.1 Å². The molecule has 0 spiro atoms. The van der Waals surface area contributed by atoms with Crippen molar-refractivity contribution in [2.45, 2.75) is 46.6 Å². The van der Waals surface area contributed by atoms with E-state index in [2.05, 4.69) is 15.2 Å². The average molecular weight is 393 g/mol. The summed E-state index contributed by atoms with van der Waals surface area (Å²) in [6, 6.07) is 12.5. The minimum atomic E-state index is -0.318. The molecule has 0 aliphatic heterocycles. The van der Waals surface area contributed by atoms with Crippen LogP contribution in [0.4, 0.5) is 5.69 Å². The molecule has 1 heterocycles. The monoisotopic (exact) mass is 392 g/mol. The van der Waals surface area contributed by atoms with Crippen molar-refractivity contribution in [2.24, 2.45) is 5.18 Å². The van der Waals surface area contributed by atoms with Crippen LogP contribution in [0.15, 0.2) is 47.6 Å². The van der Waals surface area contributed by atoms with Crippen LogP contribution in [-0.4, -0.2) is 24.5 Å². The molecule has 0 aliphatic carbocycles. The molecular weight excluding hydrogens is 364 g/mol. The number of carbonyl (C=O) groups is 2. The van der Waals surface area contributed by atoms with Gasteiger partial charge in [0.15, 0.2) is 0 Å². The second-order valence-electron chi connectivity index (χ2n) is 6.42. The maximum absolute atomic E-state index is 11.3. The molecule has 0 aliphatic rings. The van der Waals surface area contributed by atoms with Crippen LogP contribution >= 0.6 is 11.3 Å². The van der Waals surface area contributed by atoms with Crippen LogP contribution in [0, 0.1) is 11.8 Å². The number of hydrogen-bond donors (Lipinski definition) is 1. The number of rotatable bonds is 5. The standard InChI is InChI=1S/C9H13NOS.C6H5NO.C5H10O2/c1-3-6-10-9(11)8-5-4-7(2)12-8;8-7-6-4-2-1-3-5-6;1-5(2,3)7-4-6/h4-5H,3,6H2,1-2H3,(H,10,11);1-5H;4H,1-3H3. The Morgan fingerprint density at radius 3 is 2.15 bits per heavy atom. The lowest BCUT2D eigenvalue weighted by molar-refractivity contribution is -0.138. The Bertz CT molecular complexity index is 679. The van der Waals surface area contributed by atoms with Crippen molar-refractivity contribution >= 4 is 29.4 Å². The van der Waals surface area contributed by atoms with E-state index in [4.69, 9.17) is 0 Å². The molecule has 0 bridgehead atoms. The topological polar surface area (TPSA) is 84.8 Å². The van der Waals surface area contributed by atoms with Crippen LogP contribution in [0.3, 0.4) is 0 Å². The third-order valence-corrected chi connectivity index (χ3v) is 3.76. The van der Waals surface area contributed by atoms with Gasteiger partial charge in [0.25, 0.3) is 12.4 Å². The summed E-state index contributed by atoms with van der Waals surface area (Å²) in [6.45, 7) is 10.7. The number of benzene rings is 1. The Balaban J connectivity index is 0.000000395. The van der Waals surface area contributed by atoms with Gasteiger partial charge >= 0.3 is 0 Å². The molecule has 1 N–H and O–H groups in total. The number of nitrogens with one attached hydrogen (secondary N) is 1. The van der Waals surface area contributed by atoms with Crippen molar-refractivity contribution < 1.29 is 14.3 Å². The van der Waals surface area contributed by atoms with Gasteiger partial charge in [0.05, 0.1) is 4.88 Å². The third-order valence-electron chi connectivity index (χ3n) is 2.76. The van der Waals surface area contributed by atoms with Crippen LogP contribution in [0.25, 0.3) is 0 Å². The number of amides is 1. The largest absolute Gasteiger partial charge is 0.462 e. The zero-order valence-corrected chi connectivity index (χ0v) is 17.3. The molecule has 1 amide bonds. The first-order valence-electron chi connectivity index (χ1n) is 8.58. The zero-order chi connectivity index (χ0) is 20.7. The molecule has 0 atom stereocenters. The van der Waals surface area contributed by atoms with Crippen LogP contribution in [0.1, 0.15) is 48.7 Å². The third kappa shape index (κ3) is 13.3. The lowest BCUT2D eigenvalue weighted by Crippen LogP contribution is -2.22. The van der Waals surface area contributed by atoms with Gasteiger partial charge in [-0.05, 0) is 63.6 Å². The van der Waals surface area contributed by atoms with E-state index in [0.717, 1.165) is 17.8 Å². The van der Waals surface area contributed by atoms with E-state index in [0.29, 0.717) is 12.2 Å². The number of carbonyl (C=O) groups excluding carboxylic acids is 2. The first-order chi connectivity index (χ1) is 12.7. The Hall–Kier alpha value is -2.54. The maximum Gasteiger partial charge on any atom is 0.293 e. The van der Waals surface area contributed by atoms with Gasteiger partial charge in [-0.2, -0.15) is 0 Å². The molecule has 0 saturated heterocycles. The van der Waals surface area contributed by atoms with Gasteiger partial charge in [-0.3, -0.25) is 9.59 Å². The Kier molecular flexibility index (Phi) is 12.4. The van der Waals surface area contributed by atoms with E-state index < -0.39 is 0 Å². The fraction of sp³-hybridized carbons (Fsp3) is 0.400. The van der Waals surface area contributed by atoms with Crippen LogP contribution < -0.4 is 5.32 Å². The van der Waals surface area contributed by atoms with E-state index in [1.807, 2.05) is 52.8 Å². The first kappa shape index (κ1) is 24.5. The molecule has 0 unspecified atom stereocenters. The minimum absolute atomic E-state index is 0.0509. The van der Waals surface area contributed by atoms with Crippen LogP contribution in [-0.2, 0) is 9.53 Å². The van der Waals surface area contributed by atoms with Crippen LogP contribution in [0.2, 0.25) is 0 Å². The predicted molar refractivity (Wildman–Crippen MR) is 110 cm³/mol. The lowest BCUT2D eigenvalue weighted by Gasteiger charge is -2.14. The fourth-order valence-electron chi connectivity index (χ4n) is 1.52. The lowest BCUT2D eigenvalue weighted by atomic mass is 10.2. The molecule has 148 valence electrons. The highest BCUT2D eigenvalue weighted by Gasteiger charge is 2.07. The smallest absolute Gasteiger partial charge is 0.293 e. The van der Waals surface area contributed by atoms with Gasteiger partial charge < -0.3 is 10.1 Å². The summed E-state index contributed by atoms with van der Waals surface area (Å²) >= 11 is 1.53. The van der Waals surface area contributed by atoms with Crippen LogP contribution in [0.5, 0.6) is 0 Å². The van der Waals surface area contributed by atoms with Gasteiger partial charge in [-0.25, -0.2) is 0 Å². The number of nitroso groups, excluding NO2 is 1. The van der Waals surface area contributed by atoms with Gasteiger partial charge in [0.2, 0.25) is 0 Å². The van der Waals surface area contributed by atoms with E-state index in [1.165, 1.54) is 16.2 Å². The number of thiophene rings is 1. The van der Waals surface area contributed by atoms with Gasteiger partial charge in [0.1, 0.15) is 11.3 Å². The molecule has 2 rings (SSSR count). The Labute approximate surface area is 164 Å². The number of aryl methyl sites for hydroxylation is 1. The van der Waals surface area contributed by atoms with Gasteiger partial charge in [-0.15, -0.1) is 16.2 Å². The quantitative estimate of drug-likeness (QED) is 0.557. The second kappa shape index (κ2) is 13.6.